The normalized spacial score (nSPS) is 10.3. The molecule has 2 N–H and O–H groups in total. The van der Waals surface area contributed by atoms with Gasteiger partial charge in [0.1, 0.15) is 0 Å². The first-order chi connectivity index (χ1) is 12.7. The van der Waals surface area contributed by atoms with E-state index < -0.39 is 0 Å². The highest BCUT2D eigenvalue weighted by molar-refractivity contribution is 5.95. The van der Waals surface area contributed by atoms with Crippen LogP contribution in [0.5, 0.6) is 0 Å². The topological polar surface area (TPSA) is 71.1 Å². The van der Waals surface area contributed by atoms with Crippen molar-refractivity contribution in [1.29, 1.82) is 0 Å². The summed E-state index contributed by atoms with van der Waals surface area (Å²) in [5.41, 5.74) is 7.47. The summed E-state index contributed by atoms with van der Waals surface area (Å²) in [6, 6.07) is 22.9. The number of pyridine rings is 1. The van der Waals surface area contributed by atoms with Crippen LogP contribution in [-0.2, 0) is 4.79 Å². The minimum Gasteiger partial charge on any atom is -0.273 e. The zero-order chi connectivity index (χ0) is 18.2. The summed E-state index contributed by atoms with van der Waals surface area (Å²) in [4.78, 5) is 28.3. The molecule has 1 heterocycles. The quantitative estimate of drug-likeness (QED) is 0.698. The van der Waals surface area contributed by atoms with Crippen molar-refractivity contribution in [2.45, 2.75) is 12.3 Å². The standard InChI is InChI=1S/C21H19N3O2/c25-20(23-24-21(26)18-11-13-22-14-12-18)15-19(16-7-3-1-4-8-16)17-9-5-2-6-10-17/h1-14,19H,15H2,(H,23,25)(H,24,26). The van der Waals surface area contributed by atoms with Crippen molar-refractivity contribution < 1.29 is 9.59 Å². The Morgan fingerprint density at radius 2 is 1.31 bits per heavy atom. The number of nitrogens with zero attached hydrogens (tertiary/aromatic N) is 1. The Bertz CT molecular complexity index is 813. The van der Waals surface area contributed by atoms with Gasteiger partial charge in [-0.1, -0.05) is 60.7 Å². The number of carbonyl (C=O) groups is 2. The van der Waals surface area contributed by atoms with Gasteiger partial charge in [0.25, 0.3) is 5.91 Å². The molecular formula is C21H19N3O2. The molecular weight excluding hydrogens is 326 g/mol. The lowest BCUT2D eigenvalue weighted by molar-refractivity contribution is -0.122. The van der Waals surface area contributed by atoms with Crippen LogP contribution in [0.2, 0.25) is 0 Å². The lowest BCUT2D eigenvalue weighted by atomic mass is 9.88. The molecule has 0 radical (unpaired) electrons. The fourth-order valence-corrected chi connectivity index (χ4v) is 2.74. The Hall–Kier alpha value is -3.47. The van der Waals surface area contributed by atoms with Gasteiger partial charge in [0.15, 0.2) is 0 Å². The van der Waals surface area contributed by atoms with E-state index in [0.717, 1.165) is 11.1 Å². The van der Waals surface area contributed by atoms with Crippen LogP contribution in [0.25, 0.3) is 0 Å². The maximum Gasteiger partial charge on any atom is 0.269 e. The van der Waals surface area contributed by atoms with E-state index in [1.807, 2.05) is 60.7 Å². The summed E-state index contributed by atoms with van der Waals surface area (Å²) in [5, 5.41) is 0. The number of hydrogen-bond donors (Lipinski definition) is 2. The molecule has 0 saturated carbocycles. The van der Waals surface area contributed by atoms with E-state index in [1.54, 1.807) is 12.1 Å². The van der Waals surface area contributed by atoms with Crippen LogP contribution in [0.3, 0.4) is 0 Å². The molecule has 5 nitrogen and oxygen atoms in total. The second-order valence-electron chi connectivity index (χ2n) is 5.82. The summed E-state index contributed by atoms with van der Waals surface area (Å²) < 4.78 is 0. The Morgan fingerprint density at radius 1 is 0.769 bits per heavy atom. The zero-order valence-corrected chi connectivity index (χ0v) is 14.1. The molecule has 1 aromatic heterocycles. The first kappa shape index (κ1) is 17.4. The van der Waals surface area contributed by atoms with Gasteiger partial charge in [0, 0.05) is 30.3 Å². The monoisotopic (exact) mass is 345 g/mol. The summed E-state index contributed by atoms with van der Waals surface area (Å²) >= 11 is 0. The molecule has 3 rings (SSSR count). The number of hydrogen-bond acceptors (Lipinski definition) is 3. The van der Waals surface area contributed by atoms with E-state index in [2.05, 4.69) is 15.8 Å². The molecule has 0 fully saturated rings. The van der Waals surface area contributed by atoms with Gasteiger partial charge in [-0.15, -0.1) is 0 Å². The van der Waals surface area contributed by atoms with Crippen molar-refractivity contribution in [1.82, 2.24) is 15.8 Å². The largest absolute Gasteiger partial charge is 0.273 e. The SMILES string of the molecule is O=C(CC(c1ccccc1)c1ccccc1)NNC(=O)c1ccncc1. The smallest absolute Gasteiger partial charge is 0.269 e. The number of aromatic nitrogens is 1. The number of hydrazine groups is 1. The minimum atomic E-state index is -0.378. The van der Waals surface area contributed by atoms with Gasteiger partial charge in [0.2, 0.25) is 5.91 Å². The molecule has 130 valence electrons. The van der Waals surface area contributed by atoms with Gasteiger partial charge in [-0.25, -0.2) is 0 Å². The molecule has 0 saturated heterocycles. The average molecular weight is 345 g/mol. The average Bonchev–Trinajstić information content (AvgIpc) is 2.72. The fourth-order valence-electron chi connectivity index (χ4n) is 2.74. The summed E-state index contributed by atoms with van der Waals surface area (Å²) in [6.45, 7) is 0. The van der Waals surface area contributed by atoms with Crippen LogP contribution < -0.4 is 10.9 Å². The molecule has 2 aromatic carbocycles. The number of benzene rings is 2. The van der Waals surface area contributed by atoms with Gasteiger partial charge in [0.05, 0.1) is 0 Å². The predicted octanol–water partition coefficient (Wildman–Crippen LogP) is 3.06. The van der Waals surface area contributed by atoms with Crippen molar-refractivity contribution in [2.75, 3.05) is 0 Å². The molecule has 2 amide bonds. The third kappa shape index (κ3) is 4.54. The van der Waals surface area contributed by atoms with E-state index in [0.29, 0.717) is 5.56 Å². The third-order valence-electron chi connectivity index (χ3n) is 4.05. The Morgan fingerprint density at radius 3 is 1.85 bits per heavy atom. The summed E-state index contributed by atoms with van der Waals surface area (Å²) in [6.07, 6.45) is 3.28. The Labute approximate surface area is 152 Å². The molecule has 5 heteroatoms. The maximum atomic E-state index is 12.4. The fraction of sp³-hybridized carbons (Fsp3) is 0.0952. The second kappa shape index (κ2) is 8.58. The molecule has 0 bridgehead atoms. The van der Waals surface area contributed by atoms with Gasteiger partial charge < -0.3 is 0 Å². The maximum absolute atomic E-state index is 12.4. The van der Waals surface area contributed by atoms with Gasteiger partial charge in [-0.2, -0.15) is 0 Å². The van der Waals surface area contributed by atoms with Crippen LogP contribution in [0.4, 0.5) is 0 Å². The molecule has 0 spiro atoms. The number of amides is 2. The first-order valence-corrected chi connectivity index (χ1v) is 8.33. The van der Waals surface area contributed by atoms with Crippen LogP contribution in [0.1, 0.15) is 33.8 Å². The number of rotatable bonds is 5. The predicted molar refractivity (Wildman–Crippen MR) is 99.2 cm³/mol. The molecule has 0 aliphatic heterocycles. The molecule has 0 aliphatic rings. The van der Waals surface area contributed by atoms with Crippen LogP contribution in [0.15, 0.2) is 85.2 Å². The Kier molecular flexibility index (Phi) is 5.72. The van der Waals surface area contributed by atoms with E-state index in [9.17, 15) is 9.59 Å². The molecule has 3 aromatic rings. The Balaban J connectivity index is 1.67. The summed E-state index contributed by atoms with van der Waals surface area (Å²) in [5.74, 6) is -0.725. The van der Waals surface area contributed by atoms with Crippen LogP contribution >= 0.6 is 0 Å². The molecule has 0 unspecified atom stereocenters. The van der Waals surface area contributed by atoms with Crippen molar-refractivity contribution >= 4 is 11.8 Å². The highest BCUT2D eigenvalue weighted by atomic mass is 16.2. The lowest BCUT2D eigenvalue weighted by Gasteiger charge is -2.18. The van der Waals surface area contributed by atoms with E-state index >= 15 is 0 Å². The highest BCUT2D eigenvalue weighted by Gasteiger charge is 2.18. The van der Waals surface area contributed by atoms with E-state index in [4.69, 9.17) is 0 Å². The second-order valence-corrected chi connectivity index (χ2v) is 5.82. The van der Waals surface area contributed by atoms with Gasteiger partial charge >= 0.3 is 0 Å². The van der Waals surface area contributed by atoms with Crippen molar-refractivity contribution in [2.24, 2.45) is 0 Å². The summed E-state index contributed by atoms with van der Waals surface area (Å²) in [7, 11) is 0. The minimum absolute atomic E-state index is 0.0878. The first-order valence-electron chi connectivity index (χ1n) is 8.33. The van der Waals surface area contributed by atoms with Crippen LogP contribution in [0, 0.1) is 0 Å². The van der Waals surface area contributed by atoms with Gasteiger partial charge in [-0.05, 0) is 23.3 Å². The van der Waals surface area contributed by atoms with Crippen LogP contribution in [-0.4, -0.2) is 16.8 Å². The van der Waals surface area contributed by atoms with E-state index in [1.165, 1.54) is 12.4 Å². The van der Waals surface area contributed by atoms with Crippen molar-refractivity contribution in [3.63, 3.8) is 0 Å². The van der Waals surface area contributed by atoms with Crippen molar-refractivity contribution in [3.8, 4) is 0 Å². The molecule has 0 atom stereocenters. The highest BCUT2D eigenvalue weighted by Crippen LogP contribution is 2.27. The van der Waals surface area contributed by atoms with Crippen molar-refractivity contribution in [3.05, 3.63) is 102 Å². The van der Waals surface area contributed by atoms with E-state index in [-0.39, 0.29) is 24.2 Å². The number of carbonyl (C=O) groups excluding carboxylic acids is 2. The number of nitrogens with one attached hydrogen (secondary N) is 2. The molecule has 0 aliphatic carbocycles. The zero-order valence-electron chi connectivity index (χ0n) is 14.1. The lowest BCUT2D eigenvalue weighted by Crippen LogP contribution is -2.42. The third-order valence-corrected chi connectivity index (χ3v) is 4.05. The van der Waals surface area contributed by atoms with Gasteiger partial charge in [-0.3, -0.25) is 25.4 Å². The molecule has 26 heavy (non-hydrogen) atoms.